The fourth-order valence-corrected chi connectivity index (χ4v) is 0. The average Bonchev–Trinajstić information content (AvgIpc) is 1.37. The van der Waals surface area contributed by atoms with Crippen molar-refractivity contribution in [3.05, 3.63) is 0 Å². The number of rotatable bonds is 1. The first-order chi connectivity index (χ1) is 1.91. The second kappa shape index (κ2) is 16.9. The van der Waals surface area contributed by atoms with Crippen molar-refractivity contribution in [1.29, 1.82) is 0 Å². The second-order valence-corrected chi connectivity index (χ2v) is 1.27. The van der Waals surface area contributed by atoms with Crippen LogP contribution < -0.4 is 11.9 Å². The van der Waals surface area contributed by atoms with E-state index in [-0.39, 0.29) is 23.1 Å². The monoisotopic (exact) mass is 220 g/mol. The fraction of sp³-hybridized carbons (Fsp3) is 1.00. The van der Waals surface area contributed by atoms with Crippen molar-refractivity contribution < 1.29 is 0 Å². The van der Waals surface area contributed by atoms with E-state index in [9.17, 15) is 0 Å². The smallest absolute Gasteiger partial charge is 0.0154 e. The molecule has 0 aromatic heterocycles. The normalized spacial score (nSPS) is 5.00. The predicted octanol–water partition coefficient (Wildman–Crippen LogP) is 1.08. The molecule has 0 aromatic rings. The highest BCUT2D eigenvalue weighted by Crippen LogP contribution is 1.67. The van der Waals surface area contributed by atoms with Gasteiger partial charge in [0.05, 0.1) is 0 Å². The highest BCUT2D eigenvalue weighted by Gasteiger charge is 1.57. The van der Waals surface area contributed by atoms with Crippen LogP contribution in [0, 0.1) is 0 Å². The summed E-state index contributed by atoms with van der Waals surface area (Å²) in [6.45, 7) is 0.736. The third kappa shape index (κ3) is 20.8. The number of nitrogens with two attached hydrogens (primary N) is 1. The Bertz CT molecular complexity index is 11.5. The molecule has 0 spiro atoms. The molecule has 0 heterocycles. The quantitative estimate of drug-likeness (QED) is 0.652. The molecule has 0 bridgehead atoms. The van der Waals surface area contributed by atoms with Gasteiger partial charge in [-0.15, -0.1) is 17.0 Å². The Morgan fingerprint density at radius 1 is 1.50 bits per heavy atom. The highest BCUT2D eigenvalue weighted by atomic mass is 79.9. The molecule has 42 valence electrons. The van der Waals surface area contributed by atoms with Gasteiger partial charge in [-0.2, -0.15) is 0 Å². The molecule has 2 nitrogen and oxygen atoms in total. The maximum atomic E-state index is 4.98. The Morgan fingerprint density at radius 3 is 1.67 bits per heavy atom. The first kappa shape index (κ1) is 15.8. The lowest BCUT2D eigenvalue weighted by molar-refractivity contribution is 1.16. The molecule has 0 saturated heterocycles. The summed E-state index contributed by atoms with van der Waals surface area (Å²) in [6, 6.07) is 0. The zero-order valence-electron chi connectivity index (χ0n) is 3.48. The SMILES string of the molecule is Br.N.NCCBr. The molecule has 0 aliphatic rings. The summed E-state index contributed by atoms with van der Waals surface area (Å²) in [5.74, 6) is 0. The van der Waals surface area contributed by atoms with Gasteiger partial charge in [-0.1, -0.05) is 15.9 Å². The Labute approximate surface area is 57.0 Å². The third-order valence-electron chi connectivity index (χ3n) is 0.109. The summed E-state index contributed by atoms with van der Waals surface area (Å²) in [7, 11) is 0. The van der Waals surface area contributed by atoms with Crippen molar-refractivity contribution >= 4 is 32.9 Å². The predicted molar refractivity (Wildman–Crippen MR) is 38.2 cm³/mol. The molecule has 4 heteroatoms. The van der Waals surface area contributed by atoms with Gasteiger partial charge in [-0.3, -0.25) is 0 Å². The van der Waals surface area contributed by atoms with Gasteiger partial charge in [-0.25, -0.2) is 0 Å². The summed E-state index contributed by atoms with van der Waals surface area (Å²) in [5.41, 5.74) is 4.98. The van der Waals surface area contributed by atoms with Crippen LogP contribution in [-0.4, -0.2) is 11.9 Å². The van der Waals surface area contributed by atoms with E-state index < -0.39 is 0 Å². The van der Waals surface area contributed by atoms with Gasteiger partial charge in [0, 0.05) is 11.9 Å². The van der Waals surface area contributed by atoms with Gasteiger partial charge < -0.3 is 11.9 Å². The molecule has 0 atom stereocenters. The van der Waals surface area contributed by atoms with Crippen molar-refractivity contribution in [3.63, 3.8) is 0 Å². The minimum Gasteiger partial charge on any atom is -0.344 e. The van der Waals surface area contributed by atoms with Crippen LogP contribution in [0.15, 0.2) is 0 Å². The van der Waals surface area contributed by atoms with Crippen LogP contribution in [0.1, 0.15) is 0 Å². The molecule has 0 aliphatic heterocycles. The molecule has 5 N–H and O–H groups in total. The van der Waals surface area contributed by atoms with E-state index in [0.717, 1.165) is 11.9 Å². The number of hydrogen-bond acceptors (Lipinski definition) is 2. The van der Waals surface area contributed by atoms with Gasteiger partial charge in [0.15, 0.2) is 0 Å². The van der Waals surface area contributed by atoms with Crippen molar-refractivity contribution in [2.24, 2.45) is 5.73 Å². The number of hydrogen-bond donors (Lipinski definition) is 2. The Hall–Kier alpha value is 0.880. The van der Waals surface area contributed by atoms with Crippen molar-refractivity contribution in [2.75, 3.05) is 11.9 Å². The molecule has 0 aliphatic carbocycles. The molecule has 0 fully saturated rings. The van der Waals surface area contributed by atoms with Gasteiger partial charge >= 0.3 is 0 Å². The molecule has 0 unspecified atom stereocenters. The largest absolute Gasteiger partial charge is 0.344 e. The topological polar surface area (TPSA) is 61.0 Å². The highest BCUT2D eigenvalue weighted by molar-refractivity contribution is 9.09. The van der Waals surface area contributed by atoms with E-state index in [4.69, 9.17) is 5.73 Å². The fourth-order valence-electron chi connectivity index (χ4n) is 0. The molecule has 6 heavy (non-hydrogen) atoms. The van der Waals surface area contributed by atoms with Crippen LogP contribution in [0.4, 0.5) is 0 Å². The number of alkyl halides is 1. The van der Waals surface area contributed by atoms with Crippen LogP contribution in [0.25, 0.3) is 0 Å². The van der Waals surface area contributed by atoms with E-state index in [1.54, 1.807) is 0 Å². The second-order valence-electron chi connectivity index (χ2n) is 0.478. The summed E-state index contributed by atoms with van der Waals surface area (Å²) in [6.07, 6.45) is 0. The lowest BCUT2D eigenvalue weighted by atomic mass is 10.8. The van der Waals surface area contributed by atoms with Crippen LogP contribution in [0.3, 0.4) is 0 Å². The first-order valence-electron chi connectivity index (χ1n) is 1.18. The summed E-state index contributed by atoms with van der Waals surface area (Å²) < 4.78 is 0. The maximum absolute atomic E-state index is 4.98. The van der Waals surface area contributed by atoms with Crippen LogP contribution in [0.5, 0.6) is 0 Å². The summed E-state index contributed by atoms with van der Waals surface area (Å²) in [5, 5.41) is 0.910. The Balaban J connectivity index is -0.0000000450. The molecule has 0 saturated carbocycles. The van der Waals surface area contributed by atoms with Gasteiger partial charge in [-0.05, 0) is 0 Å². The number of halogens is 2. The lowest BCUT2D eigenvalue weighted by Crippen LogP contribution is -1.97. The zero-order valence-corrected chi connectivity index (χ0v) is 6.78. The van der Waals surface area contributed by atoms with E-state index in [1.807, 2.05) is 0 Å². The van der Waals surface area contributed by atoms with Gasteiger partial charge in [0.1, 0.15) is 0 Å². The van der Waals surface area contributed by atoms with Crippen molar-refractivity contribution in [3.8, 4) is 0 Å². The molecule has 0 amide bonds. The standard InChI is InChI=1S/C2H6BrN.BrH.H3N/c3-1-2-4;;/h1-2,4H2;1H;1H3. The van der Waals surface area contributed by atoms with Crippen LogP contribution in [-0.2, 0) is 0 Å². The van der Waals surface area contributed by atoms with Crippen molar-refractivity contribution in [1.82, 2.24) is 6.15 Å². The summed E-state index contributed by atoms with van der Waals surface area (Å²) >= 11 is 3.12. The van der Waals surface area contributed by atoms with Crippen LogP contribution >= 0.6 is 32.9 Å². The minimum atomic E-state index is 0. The zero-order chi connectivity index (χ0) is 3.41. The summed E-state index contributed by atoms with van der Waals surface area (Å²) in [4.78, 5) is 0. The third-order valence-corrected chi connectivity index (χ3v) is 0.567. The van der Waals surface area contributed by atoms with E-state index in [0.29, 0.717) is 0 Å². The molecule has 0 rings (SSSR count). The first-order valence-corrected chi connectivity index (χ1v) is 2.30. The molecule has 0 radical (unpaired) electrons. The maximum Gasteiger partial charge on any atom is 0.0154 e. The van der Waals surface area contributed by atoms with E-state index in [1.165, 1.54) is 0 Å². The average molecular weight is 222 g/mol. The van der Waals surface area contributed by atoms with E-state index in [2.05, 4.69) is 15.9 Å². The Morgan fingerprint density at radius 2 is 1.67 bits per heavy atom. The minimum absolute atomic E-state index is 0. The van der Waals surface area contributed by atoms with Crippen LogP contribution in [0.2, 0.25) is 0 Å². The molecule has 0 aromatic carbocycles. The van der Waals surface area contributed by atoms with Gasteiger partial charge in [0.2, 0.25) is 0 Å². The Kier molecular flexibility index (Phi) is 44.5. The molecular weight excluding hydrogens is 212 g/mol. The van der Waals surface area contributed by atoms with Gasteiger partial charge in [0.25, 0.3) is 0 Å². The van der Waals surface area contributed by atoms with E-state index >= 15 is 0 Å². The van der Waals surface area contributed by atoms with Crippen molar-refractivity contribution in [2.45, 2.75) is 0 Å². The molecular formula is C2H10Br2N2. The lowest BCUT2D eigenvalue weighted by Gasteiger charge is -1.68.